The van der Waals surface area contributed by atoms with Crippen LogP contribution < -0.4 is 4.74 Å². The van der Waals surface area contributed by atoms with E-state index in [1.54, 1.807) is 6.08 Å². The Labute approximate surface area is 88.1 Å². The smallest absolute Gasteiger partial charge is 0.245 e. The van der Waals surface area contributed by atoms with E-state index in [1.807, 2.05) is 31.2 Å². The summed E-state index contributed by atoms with van der Waals surface area (Å²) in [7, 11) is 0. The van der Waals surface area contributed by atoms with Crippen LogP contribution in [0.5, 0.6) is 5.75 Å². The molecule has 0 amide bonds. The standard InChI is InChI=1S/C11H11ClO2/c1-2-14-10-6-4-3-5-9(10)7-8-11(12)13/h3-8H,2H2,1H3/b8-7+. The average molecular weight is 211 g/mol. The van der Waals surface area contributed by atoms with Crippen molar-refractivity contribution >= 4 is 22.9 Å². The van der Waals surface area contributed by atoms with Crippen molar-refractivity contribution in [3.05, 3.63) is 35.9 Å². The van der Waals surface area contributed by atoms with E-state index in [2.05, 4.69) is 0 Å². The molecule has 0 heterocycles. The molecule has 0 fully saturated rings. The summed E-state index contributed by atoms with van der Waals surface area (Å²) in [5.74, 6) is 0.754. The number of benzene rings is 1. The summed E-state index contributed by atoms with van der Waals surface area (Å²) >= 11 is 5.19. The zero-order chi connectivity index (χ0) is 10.4. The molecule has 0 saturated heterocycles. The van der Waals surface area contributed by atoms with Crippen LogP contribution in [0.25, 0.3) is 6.08 Å². The first kappa shape index (κ1) is 10.8. The molecule has 1 aromatic rings. The van der Waals surface area contributed by atoms with Gasteiger partial charge in [0.1, 0.15) is 5.75 Å². The number of hydrogen-bond acceptors (Lipinski definition) is 2. The van der Waals surface area contributed by atoms with Gasteiger partial charge in [0, 0.05) is 5.56 Å². The summed E-state index contributed by atoms with van der Waals surface area (Å²) in [6, 6.07) is 7.47. The van der Waals surface area contributed by atoms with Gasteiger partial charge in [0.25, 0.3) is 0 Å². The van der Waals surface area contributed by atoms with Gasteiger partial charge in [0.2, 0.25) is 5.24 Å². The van der Waals surface area contributed by atoms with Crippen molar-refractivity contribution in [2.75, 3.05) is 6.61 Å². The predicted octanol–water partition coefficient (Wildman–Crippen LogP) is 2.86. The minimum Gasteiger partial charge on any atom is -0.493 e. The van der Waals surface area contributed by atoms with E-state index >= 15 is 0 Å². The van der Waals surface area contributed by atoms with E-state index in [4.69, 9.17) is 16.3 Å². The molecule has 0 aliphatic carbocycles. The quantitative estimate of drug-likeness (QED) is 0.564. The second kappa shape index (κ2) is 5.45. The molecule has 0 aliphatic rings. The van der Waals surface area contributed by atoms with Gasteiger partial charge in [0.15, 0.2) is 0 Å². The van der Waals surface area contributed by atoms with Crippen LogP contribution in [0.4, 0.5) is 0 Å². The Kier molecular flexibility index (Phi) is 4.20. The van der Waals surface area contributed by atoms with Crippen LogP contribution in [0.15, 0.2) is 30.3 Å². The lowest BCUT2D eigenvalue weighted by Gasteiger charge is -2.05. The van der Waals surface area contributed by atoms with E-state index in [1.165, 1.54) is 6.08 Å². The Hall–Kier alpha value is -1.28. The Morgan fingerprint density at radius 3 is 2.86 bits per heavy atom. The Bertz CT molecular complexity index is 345. The van der Waals surface area contributed by atoms with Gasteiger partial charge in [-0.1, -0.05) is 18.2 Å². The van der Waals surface area contributed by atoms with E-state index < -0.39 is 5.24 Å². The van der Waals surface area contributed by atoms with Crippen LogP contribution in [0, 0.1) is 0 Å². The first-order chi connectivity index (χ1) is 6.74. The fourth-order valence-corrected chi connectivity index (χ4v) is 1.12. The first-order valence-corrected chi connectivity index (χ1v) is 4.71. The van der Waals surface area contributed by atoms with Crippen LogP contribution in [0.1, 0.15) is 12.5 Å². The molecular weight excluding hydrogens is 200 g/mol. The summed E-state index contributed by atoms with van der Waals surface area (Å²) in [6.07, 6.45) is 2.94. The third-order valence-electron chi connectivity index (χ3n) is 1.61. The summed E-state index contributed by atoms with van der Waals surface area (Å²) in [5, 5.41) is -0.490. The van der Waals surface area contributed by atoms with Crippen LogP contribution in [-0.2, 0) is 4.79 Å². The highest BCUT2D eigenvalue weighted by Crippen LogP contribution is 2.19. The fraction of sp³-hybridized carbons (Fsp3) is 0.182. The monoisotopic (exact) mass is 210 g/mol. The molecule has 0 atom stereocenters. The van der Waals surface area contributed by atoms with Crippen LogP contribution in [-0.4, -0.2) is 11.8 Å². The average Bonchev–Trinajstić information content (AvgIpc) is 2.17. The fourth-order valence-electron chi connectivity index (χ4n) is 1.06. The molecule has 74 valence electrons. The molecule has 1 rings (SSSR count). The highest BCUT2D eigenvalue weighted by molar-refractivity contribution is 6.66. The van der Waals surface area contributed by atoms with Crippen molar-refractivity contribution in [2.24, 2.45) is 0 Å². The largest absolute Gasteiger partial charge is 0.493 e. The maximum Gasteiger partial charge on any atom is 0.245 e. The zero-order valence-electron chi connectivity index (χ0n) is 7.87. The molecule has 0 unspecified atom stereocenters. The van der Waals surface area contributed by atoms with Gasteiger partial charge >= 0.3 is 0 Å². The molecule has 0 aliphatic heterocycles. The van der Waals surface area contributed by atoms with Crippen LogP contribution >= 0.6 is 11.6 Å². The topological polar surface area (TPSA) is 26.3 Å². The first-order valence-electron chi connectivity index (χ1n) is 4.33. The molecule has 0 spiro atoms. The highest BCUT2D eigenvalue weighted by atomic mass is 35.5. The maximum atomic E-state index is 10.5. The second-order valence-electron chi connectivity index (χ2n) is 2.61. The normalized spacial score (nSPS) is 10.4. The molecule has 1 aromatic carbocycles. The SMILES string of the molecule is CCOc1ccccc1/C=C/C(=O)Cl. The van der Waals surface area contributed by atoms with Crippen molar-refractivity contribution in [1.29, 1.82) is 0 Å². The molecule has 2 nitrogen and oxygen atoms in total. The number of para-hydroxylation sites is 1. The van der Waals surface area contributed by atoms with Gasteiger partial charge in [-0.15, -0.1) is 0 Å². The number of halogens is 1. The highest BCUT2D eigenvalue weighted by Gasteiger charge is 1.98. The van der Waals surface area contributed by atoms with Crippen molar-refractivity contribution in [3.63, 3.8) is 0 Å². The summed E-state index contributed by atoms with van der Waals surface area (Å²) in [5.41, 5.74) is 0.850. The second-order valence-corrected chi connectivity index (χ2v) is 2.98. The van der Waals surface area contributed by atoms with Gasteiger partial charge in [-0.05, 0) is 36.7 Å². The van der Waals surface area contributed by atoms with Crippen molar-refractivity contribution < 1.29 is 9.53 Å². The van der Waals surface area contributed by atoms with Gasteiger partial charge in [0.05, 0.1) is 6.61 Å². The lowest BCUT2D eigenvalue weighted by Crippen LogP contribution is -1.93. The number of carbonyl (C=O) groups excluding carboxylic acids is 1. The molecule has 0 N–H and O–H groups in total. The van der Waals surface area contributed by atoms with E-state index in [0.717, 1.165) is 11.3 Å². The van der Waals surface area contributed by atoms with E-state index in [-0.39, 0.29) is 0 Å². The number of rotatable bonds is 4. The Morgan fingerprint density at radius 1 is 1.50 bits per heavy atom. The number of allylic oxidation sites excluding steroid dienone is 1. The maximum absolute atomic E-state index is 10.5. The third kappa shape index (κ3) is 3.23. The molecule has 0 saturated carbocycles. The van der Waals surface area contributed by atoms with Gasteiger partial charge in [-0.3, -0.25) is 4.79 Å². The predicted molar refractivity (Wildman–Crippen MR) is 57.5 cm³/mol. The van der Waals surface area contributed by atoms with Crippen LogP contribution in [0.3, 0.4) is 0 Å². The minimum atomic E-state index is -0.490. The Balaban J connectivity index is 2.89. The lowest BCUT2D eigenvalue weighted by atomic mass is 10.2. The molecule has 0 aromatic heterocycles. The van der Waals surface area contributed by atoms with E-state index in [9.17, 15) is 4.79 Å². The van der Waals surface area contributed by atoms with Crippen molar-refractivity contribution in [2.45, 2.75) is 6.92 Å². The Morgan fingerprint density at radius 2 is 2.21 bits per heavy atom. The summed E-state index contributed by atoms with van der Waals surface area (Å²) in [6.45, 7) is 2.51. The number of hydrogen-bond donors (Lipinski definition) is 0. The van der Waals surface area contributed by atoms with Gasteiger partial charge < -0.3 is 4.74 Å². The van der Waals surface area contributed by atoms with Gasteiger partial charge in [-0.25, -0.2) is 0 Å². The number of carbonyl (C=O) groups is 1. The minimum absolute atomic E-state index is 0.490. The molecular formula is C11H11ClO2. The third-order valence-corrected chi connectivity index (χ3v) is 1.74. The summed E-state index contributed by atoms with van der Waals surface area (Å²) in [4.78, 5) is 10.5. The summed E-state index contributed by atoms with van der Waals surface area (Å²) < 4.78 is 5.36. The zero-order valence-corrected chi connectivity index (χ0v) is 8.62. The van der Waals surface area contributed by atoms with E-state index in [0.29, 0.717) is 6.61 Å². The number of ether oxygens (including phenoxy) is 1. The molecule has 3 heteroatoms. The lowest BCUT2D eigenvalue weighted by molar-refractivity contribution is -0.107. The molecule has 0 radical (unpaired) electrons. The molecule has 0 bridgehead atoms. The van der Waals surface area contributed by atoms with Gasteiger partial charge in [-0.2, -0.15) is 0 Å². The molecule has 14 heavy (non-hydrogen) atoms. The van der Waals surface area contributed by atoms with Crippen molar-refractivity contribution in [1.82, 2.24) is 0 Å². The van der Waals surface area contributed by atoms with Crippen LogP contribution in [0.2, 0.25) is 0 Å². The van der Waals surface area contributed by atoms with Crippen molar-refractivity contribution in [3.8, 4) is 5.75 Å².